The van der Waals surface area contributed by atoms with E-state index in [1.54, 1.807) is 19.2 Å². The van der Waals surface area contributed by atoms with Crippen LogP contribution in [0.5, 0.6) is 5.75 Å². The van der Waals surface area contributed by atoms with Gasteiger partial charge in [-0.3, -0.25) is 9.52 Å². The molecule has 2 rings (SSSR count). The summed E-state index contributed by atoms with van der Waals surface area (Å²) in [5.74, 6) is 0.121. The molecule has 146 valence electrons. The predicted octanol–water partition coefficient (Wildman–Crippen LogP) is 2.33. The molecule has 1 amide bonds. The van der Waals surface area contributed by atoms with Gasteiger partial charge >= 0.3 is 0 Å². The minimum Gasteiger partial charge on any atom is -0.484 e. The minimum absolute atomic E-state index is 0.105. The fraction of sp³-hybridized carbons (Fsp3) is 0.316. The zero-order chi connectivity index (χ0) is 19.9. The lowest BCUT2D eigenvalue weighted by Gasteiger charge is -2.13. The van der Waals surface area contributed by atoms with Crippen LogP contribution >= 0.6 is 0 Å². The first-order valence-corrected chi connectivity index (χ1v) is 9.89. The third-order valence-electron chi connectivity index (χ3n) is 3.63. The molecule has 0 saturated heterocycles. The Morgan fingerprint density at radius 2 is 1.70 bits per heavy atom. The van der Waals surface area contributed by atoms with Gasteiger partial charge < -0.3 is 14.8 Å². The highest BCUT2D eigenvalue weighted by Gasteiger charge is 2.14. The molecule has 0 bridgehead atoms. The third kappa shape index (κ3) is 6.58. The molecule has 2 aromatic carbocycles. The van der Waals surface area contributed by atoms with Crippen LogP contribution in [0.4, 0.5) is 5.69 Å². The number of hydrogen-bond acceptors (Lipinski definition) is 5. The molecule has 2 aromatic rings. The Kier molecular flexibility index (Phi) is 7.20. The fourth-order valence-electron chi connectivity index (χ4n) is 2.31. The SMILES string of the molecule is COC[C@@H](C)NC(=O)COc1ccc(S(=O)(=O)Nc2ccc(C)cc2)cc1. The molecule has 0 heterocycles. The molecule has 0 spiro atoms. The third-order valence-corrected chi connectivity index (χ3v) is 5.03. The first-order chi connectivity index (χ1) is 12.8. The Balaban J connectivity index is 1.93. The molecule has 2 N–H and O–H groups in total. The second kappa shape index (κ2) is 9.38. The summed E-state index contributed by atoms with van der Waals surface area (Å²) in [5.41, 5.74) is 1.53. The highest BCUT2D eigenvalue weighted by molar-refractivity contribution is 7.92. The number of amides is 1. The Morgan fingerprint density at radius 1 is 1.07 bits per heavy atom. The monoisotopic (exact) mass is 392 g/mol. The van der Waals surface area contributed by atoms with Crippen LogP contribution in [0.3, 0.4) is 0 Å². The molecular formula is C19H24N2O5S. The Bertz CT molecular complexity index is 849. The van der Waals surface area contributed by atoms with Crippen LogP contribution in [0, 0.1) is 6.92 Å². The molecule has 0 aliphatic heterocycles. The van der Waals surface area contributed by atoms with Gasteiger partial charge in [0.2, 0.25) is 0 Å². The zero-order valence-electron chi connectivity index (χ0n) is 15.6. The van der Waals surface area contributed by atoms with Crippen LogP contribution in [-0.4, -0.2) is 40.7 Å². The molecular weight excluding hydrogens is 368 g/mol. The maximum absolute atomic E-state index is 12.4. The van der Waals surface area contributed by atoms with Crippen LogP contribution in [0.2, 0.25) is 0 Å². The number of anilines is 1. The van der Waals surface area contributed by atoms with Crippen molar-refractivity contribution in [1.82, 2.24) is 5.32 Å². The zero-order valence-corrected chi connectivity index (χ0v) is 16.4. The molecule has 8 heteroatoms. The number of aryl methyl sites for hydroxylation is 1. The first kappa shape index (κ1) is 20.7. The topological polar surface area (TPSA) is 93.7 Å². The summed E-state index contributed by atoms with van der Waals surface area (Å²) in [6.07, 6.45) is 0. The molecule has 0 aliphatic carbocycles. The summed E-state index contributed by atoms with van der Waals surface area (Å²) >= 11 is 0. The van der Waals surface area contributed by atoms with E-state index < -0.39 is 10.0 Å². The van der Waals surface area contributed by atoms with Gasteiger partial charge in [0.1, 0.15) is 5.75 Å². The lowest BCUT2D eigenvalue weighted by Crippen LogP contribution is -2.38. The second-order valence-electron chi connectivity index (χ2n) is 6.16. The highest BCUT2D eigenvalue weighted by Crippen LogP contribution is 2.19. The van der Waals surface area contributed by atoms with E-state index in [1.807, 2.05) is 26.0 Å². The fourth-order valence-corrected chi connectivity index (χ4v) is 3.37. The van der Waals surface area contributed by atoms with E-state index in [0.29, 0.717) is 18.0 Å². The van der Waals surface area contributed by atoms with Crippen LogP contribution < -0.4 is 14.8 Å². The van der Waals surface area contributed by atoms with Gasteiger partial charge in [0.15, 0.2) is 6.61 Å². The van der Waals surface area contributed by atoms with E-state index in [-0.39, 0.29) is 23.5 Å². The predicted molar refractivity (Wildman–Crippen MR) is 103 cm³/mol. The molecule has 1 atom stereocenters. The number of nitrogens with one attached hydrogen (secondary N) is 2. The molecule has 0 saturated carbocycles. The van der Waals surface area contributed by atoms with Crippen molar-refractivity contribution in [2.24, 2.45) is 0 Å². The minimum atomic E-state index is -3.70. The van der Waals surface area contributed by atoms with Crippen LogP contribution in [0.25, 0.3) is 0 Å². The average Bonchev–Trinajstić information content (AvgIpc) is 2.62. The summed E-state index contributed by atoms with van der Waals surface area (Å²) in [6, 6.07) is 12.8. The van der Waals surface area contributed by atoms with Crippen LogP contribution in [0.15, 0.2) is 53.4 Å². The van der Waals surface area contributed by atoms with E-state index in [2.05, 4.69) is 10.0 Å². The smallest absolute Gasteiger partial charge is 0.261 e. The molecule has 0 aliphatic rings. The molecule has 0 fully saturated rings. The van der Waals surface area contributed by atoms with E-state index in [0.717, 1.165) is 5.56 Å². The Hall–Kier alpha value is -2.58. The number of methoxy groups -OCH3 is 1. The van der Waals surface area contributed by atoms with Crippen molar-refractivity contribution in [3.8, 4) is 5.75 Å². The van der Waals surface area contributed by atoms with Crippen molar-refractivity contribution < 1.29 is 22.7 Å². The molecule has 7 nitrogen and oxygen atoms in total. The average molecular weight is 392 g/mol. The molecule has 27 heavy (non-hydrogen) atoms. The maximum atomic E-state index is 12.4. The van der Waals surface area contributed by atoms with Crippen molar-refractivity contribution in [2.45, 2.75) is 24.8 Å². The molecule has 0 unspecified atom stereocenters. The van der Waals surface area contributed by atoms with Gasteiger partial charge in [-0.1, -0.05) is 17.7 Å². The quantitative estimate of drug-likeness (QED) is 0.683. The number of carbonyl (C=O) groups excluding carboxylic acids is 1. The number of rotatable bonds is 9. The van der Waals surface area contributed by atoms with Gasteiger partial charge in [-0.25, -0.2) is 8.42 Å². The van der Waals surface area contributed by atoms with Crippen LogP contribution in [0.1, 0.15) is 12.5 Å². The van der Waals surface area contributed by atoms with Crippen molar-refractivity contribution in [2.75, 3.05) is 25.0 Å². The number of hydrogen-bond donors (Lipinski definition) is 2. The largest absolute Gasteiger partial charge is 0.484 e. The van der Waals surface area contributed by atoms with Gasteiger partial charge in [0.25, 0.3) is 15.9 Å². The lowest BCUT2D eigenvalue weighted by atomic mass is 10.2. The first-order valence-electron chi connectivity index (χ1n) is 8.41. The summed E-state index contributed by atoms with van der Waals surface area (Å²) in [5, 5.41) is 2.72. The summed E-state index contributed by atoms with van der Waals surface area (Å²) in [4.78, 5) is 11.9. The van der Waals surface area contributed by atoms with E-state index >= 15 is 0 Å². The number of sulfonamides is 1. The van der Waals surface area contributed by atoms with Crippen molar-refractivity contribution in [1.29, 1.82) is 0 Å². The number of carbonyl (C=O) groups is 1. The van der Waals surface area contributed by atoms with Gasteiger partial charge in [0.05, 0.1) is 11.5 Å². The summed E-state index contributed by atoms with van der Waals surface area (Å²) in [6.45, 7) is 3.99. The summed E-state index contributed by atoms with van der Waals surface area (Å²) in [7, 11) is -2.14. The summed E-state index contributed by atoms with van der Waals surface area (Å²) < 4.78 is 37.7. The van der Waals surface area contributed by atoms with Gasteiger partial charge in [-0.15, -0.1) is 0 Å². The molecule has 0 aromatic heterocycles. The maximum Gasteiger partial charge on any atom is 0.261 e. The highest BCUT2D eigenvalue weighted by atomic mass is 32.2. The molecule has 0 radical (unpaired) electrons. The lowest BCUT2D eigenvalue weighted by molar-refractivity contribution is -0.124. The standard InChI is InChI=1S/C19H24N2O5S/c1-14-4-6-16(7-5-14)21-27(23,24)18-10-8-17(9-11-18)26-13-19(22)20-15(2)12-25-3/h4-11,15,21H,12-13H2,1-3H3,(H,20,22)/t15-/m1/s1. The number of benzene rings is 2. The normalized spacial score (nSPS) is 12.3. The van der Waals surface area contributed by atoms with E-state index in [4.69, 9.17) is 9.47 Å². The van der Waals surface area contributed by atoms with Crippen LogP contribution in [-0.2, 0) is 19.6 Å². The van der Waals surface area contributed by atoms with Crippen molar-refractivity contribution in [3.05, 3.63) is 54.1 Å². The Labute approximate surface area is 159 Å². The number of ether oxygens (including phenoxy) is 2. The van der Waals surface area contributed by atoms with E-state index in [1.165, 1.54) is 24.3 Å². The second-order valence-corrected chi connectivity index (χ2v) is 7.84. The van der Waals surface area contributed by atoms with E-state index in [9.17, 15) is 13.2 Å². The van der Waals surface area contributed by atoms with Gasteiger partial charge in [-0.2, -0.15) is 0 Å². The van der Waals surface area contributed by atoms with Crippen molar-refractivity contribution >= 4 is 21.6 Å². The van der Waals surface area contributed by atoms with Crippen molar-refractivity contribution in [3.63, 3.8) is 0 Å². The van der Waals surface area contributed by atoms with Gasteiger partial charge in [0, 0.05) is 18.8 Å². The van der Waals surface area contributed by atoms with Gasteiger partial charge in [-0.05, 0) is 50.2 Å². The Morgan fingerprint density at radius 3 is 2.30 bits per heavy atom.